The molecule has 5 heteroatoms. The first-order valence-corrected chi connectivity index (χ1v) is 5.40. The molecule has 18 heavy (non-hydrogen) atoms. The minimum atomic E-state index is -0.493. The van der Waals surface area contributed by atoms with Crippen molar-refractivity contribution in [3.63, 3.8) is 0 Å². The summed E-state index contributed by atoms with van der Waals surface area (Å²) in [6.07, 6.45) is 5.16. The van der Waals surface area contributed by atoms with Gasteiger partial charge in [0.15, 0.2) is 6.10 Å². The van der Waals surface area contributed by atoms with Crippen molar-refractivity contribution >= 4 is 11.8 Å². The Hall–Kier alpha value is -2.48. The fraction of sp³-hybridized carbons (Fsp3) is 0.231. The number of carbonyl (C=O) groups is 1. The van der Waals surface area contributed by atoms with Crippen LogP contribution in [0.5, 0.6) is 0 Å². The van der Waals surface area contributed by atoms with E-state index in [1.807, 2.05) is 6.07 Å². The predicted molar refractivity (Wildman–Crippen MR) is 65.6 cm³/mol. The highest BCUT2D eigenvalue weighted by molar-refractivity contribution is 5.94. The van der Waals surface area contributed by atoms with Gasteiger partial charge in [-0.2, -0.15) is 0 Å². The quantitative estimate of drug-likeness (QED) is 0.812. The molecule has 1 aromatic rings. The number of primary amides is 1. The first-order valence-electron chi connectivity index (χ1n) is 5.40. The molecule has 0 saturated heterocycles. The number of hydrogen-bond donors (Lipinski definition) is 1. The molecule has 1 aliphatic rings. The first kappa shape index (κ1) is 12.0. The molecule has 1 aromatic carbocycles. The maximum atomic E-state index is 11.3. The Bertz CT molecular complexity index is 531. The lowest BCUT2D eigenvalue weighted by Crippen LogP contribution is -2.15. The molecule has 1 amide bonds. The fourth-order valence-corrected chi connectivity index (χ4v) is 1.73. The van der Waals surface area contributed by atoms with Crippen molar-refractivity contribution in [2.24, 2.45) is 10.9 Å². The molecule has 1 unspecified atom stereocenters. The van der Waals surface area contributed by atoms with Gasteiger partial charge >= 0.3 is 0 Å². The standard InChI is InChI=1S/C13H12N2O3/c1-2-7-17-12-8-11(18-15-12)9-5-3-4-6-10(9)13(14)16/h1,3-6,11H,7-8H2,(H2,14,16). The van der Waals surface area contributed by atoms with Gasteiger partial charge in [0.2, 0.25) is 11.8 Å². The molecule has 0 saturated carbocycles. The SMILES string of the molecule is C#CCOC1=NOC(c2ccccc2C(N)=O)C1. The summed E-state index contributed by atoms with van der Waals surface area (Å²) in [6.45, 7) is 0.145. The summed E-state index contributed by atoms with van der Waals surface area (Å²) in [4.78, 5) is 16.5. The average molecular weight is 244 g/mol. The Morgan fingerprint density at radius 2 is 2.39 bits per heavy atom. The lowest BCUT2D eigenvalue weighted by Gasteiger charge is -2.11. The molecule has 1 atom stereocenters. The van der Waals surface area contributed by atoms with Crippen LogP contribution < -0.4 is 5.73 Å². The third-order valence-electron chi connectivity index (χ3n) is 2.54. The largest absolute Gasteiger partial charge is 0.465 e. The molecule has 0 bridgehead atoms. The van der Waals surface area contributed by atoms with E-state index in [1.54, 1.807) is 18.2 Å². The summed E-state index contributed by atoms with van der Waals surface area (Å²) in [7, 11) is 0. The lowest BCUT2D eigenvalue weighted by molar-refractivity contribution is 0.0827. The van der Waals surface area contributed by atoms with Gasteiger partial charge in [-0.15, -0.1) is 6.42 Å². The zero-order chi connectivity index (χ0) is 13.0. The summed E-state index contributed by atoms with van der Waals surface area (Å²) in [5.41, 5.74) is 6.44. The van der Waals surface area contributed by atoms with Crippen LogP contribution in [-0.2, 0) is 9.57 Å². The lowest BCUT2D eigenvalue weighted by atomic mass is 10.00. The number of rotatable bonds is 3. The number of carbonyl (C=O) groups excluding carboxylic acids is 1. The zero-order valence-corrected chi connectivity index (χ0v) is 9.63. The van der Waals surface area contributed by atoms with E-state index in [0.717, 1.165) is 0 Å². The van der Waals surface area contributed by atoms with Gasteiger partial charge in [0.25, 0.3) is 0 Å². The third-order valence-corrected chi connectivity index (χ3v) is 2.54. The summed E-state index contributed by atoms with van der Waals surface area (Å²) in [5, 5.41) is 3.78. The molecule has 2 rings (SSSR count). The second kappa shape index (κ2) is 5.23. The summed E-state index contributed by atoms with van der Waals surface area (Å²) in [5.74, 6) is 2.28. The van der Waals surface area contributed by atoms with E-state index in [1.165, 1.54) is 0 Å². The van der Waals surface area contributed by atoms with Gasteiger partial charge in [0, 0.05) is 11.1 Å². The predicted octanol–water partition coefficient (Wildman–Crippen LogP) is 1.21. The van der Waals surface area contributed by atoms with Gasteiger partial charge in [-0.25, -0.2) is 0 Å². The maximum absolute atomic E-state index is 11.3. The smallest absolute Gasteiger partial charge is 0.249 e. The van der Waals surface area contributed by atoms with Gasteiger partial charge < -0.3 is 15.3 Å². The van der Waals surface area contributed by atoms with Crippen molar-refractivity contribution in [3.8, 4) is 12.3 Å². The molecular formula is C13H12N2O3. The second-order valence-corrected chi connectivity index (χ2v) is 3.73. The Kier molecular flexibility index (Phi) is 3.49. The normalized spacial score (nSPS) is 17.5. The van der Waals surface area contributed by atoms with Gasteiger partial charge in [-0.1, -0.05) is 29.3 Å². The van der Waals surface area contributed by atoms with E-state index in [4.69, 9.17) is 21.7 Å². The van der Waals surface area contributed by atoms with Crippen LogP contribution in [-0.4, -0.2) is 18.4 Å². The van der Waals surface area contributed by atoms with Crippen molar-refractivity contribution in [2.75, 3.05) is 6.61 Å². The van der Waals surface area contributed by atoms with Crippen LogP contribution in [0.2, 0.25) is 0 Å². The molecule has 92 valence electrons. The van der Waals surface area contributed by atoms with E-state index in [-0.39, 0.29) is 12.7 Å². The van der Waals surface area contributed by atoms with Crippen LogP contribution in [0.4, 0.5) is 0 Å². The Balaban J connectivity index is 2.12. The Labute approximate surface area is 105 Å². The monoisotopic (exact) mass is 244 g/mol. The zero-order valence-electron chi connectivity index (χ0n) is 9.63. The summed E-state index contributed by atoms with van der Waals surface area (Å²) in [6, 6.07) is 6.99. The molecule has 0 aliphatic carbocycles. The van der Waals surface area contributed by atoms with Crippen molar-refractivity contribution in [3.05, 3.63) is 35.4 Å². The number of oxime groups is 1. The van der Waals surface area contributed by atoms with E-state index < -0.39 is 5.91 Å². The molecule has 0 fully saturated rings. The van der Waals surface area contributed by atoms with Crippen molar-refractivity contribution < 1.29 is 14.4 Å². The van der Waals surface area contributed by atoms with Crippen LogP contribution in [0.1, 0.15) is 28.4 Å². The maximum Gasteiger partial charge on any atom is 0.249 e. The van der Waals surface area contributed by atoms with Crippen molar-refractivity contribution in [2.45, 2.75) is 12.5 Å². The Morgan fingerprint density at radius 3 is 3.11 bits per heavy atom. The third kappa shape index (κ3) is 2.43. The molecule has 2 N–H and O–H groups in total. The van der Waals surface area contributed by atoms with E-state index in [0.29, 0.717) is 23.4 Å². The average Bonchev–Trinajstić information content (AvgIpc) is 2.85. The van der Waals surface area contributed by atoms with Crippen molar-refractivity contribution in [1.82, 2.24) is 0 Å². The second-order valence-electron chi connectivity index (χ2n) is 3.73. The van der Waals surface area contributed by atoms with E-state index in [2.05, 4.69) is 11.1 Å². The van der Waals surface area contributed by atoms with Crippen LogP contribution in [0.15, 0.2) is 29.4 Å². The minimum absolute atomic E-state index is 0.145. The van der Waals surface area contributed by atoms with E-state index in [9.17, 15) is 4.79 Å². The van der Waals surface area contributed by atoms with Crippen LogP contribution in [0.25, 0.3) is 0 Å². The number of amides is 1. The molecule has 1 aliphatic heterocycles. The number of nitrogens with zero attached hydrogens (tertiary/aromatic N) is 1. The molecular weight excluding hydrogens is 232 g/mol. The highest BCUT2D eigenvalue weighted by Crippen LogP contribution is 2.29. The topological polar surface area (TPSA) is 73.9 Å². The molecule has 5 nitrogen and oxygen atoms in total. The van der Waals surface area contributed by atoms with Gasteiger partial charge in [-0.05, 0) is 6.07 Å². The fourth-order valence-electron chi connectivity index (χ4n) is 1.73. The van der Waals surface area contributed by atoms with Crippen LogP contribution >= 0.6 is 0 Å². The molecule has 1 heterocycles. The Morgan fingerprint density at radius 1 is 1.61 bits per heavy atom. The van der Waals surface area contributed by atoms with Crippen LogP contribution in [0, 0.1) is 12.3 Å². The number of nitrogens with two attached hydrogens (primary N) is 1. The van der Waals surface area contributed by atoms with Gasteiger partial charge in [0.1, 0.15) is 6.61 Å². The number of terminal acetylenes is 1. The molecule has 0 radical (unpaired) electrons. The minimum Gasteiger partial charge on any atom is -0.465 e. The number of ether oxygens (including phenoxy) is 1. The van der Waals surface area contributed by atoms with Gasteiger partial charge in [-0.3, -0.25) is 4.79 Å². The first-order chi connectivity index (χ1) is 8.72. The summed E-state index contributed by atoms with van der Waals surface area (Å²) >= 11 is 0. The van der Waals surface area contributed by atoms with E-state index >= 15 is 0 Å². The van der Waals surface area contributed by atoms with Crippen LogP contribution in [0.3, 0.4) is 0 Å². The molecule has 0 aromatic heterocycles. The molecule has 0 spiro atoms. The highest BCUT2D eigenvalue weighted by Gasteiger charge is 2.27. The highest BCUT2D eigenvalue weighted by atomic mass is 16.7. The van der Waals surface area contributed by atoms with Crippen molar-refractivity contribution in [1.29, 1.82) is 0 Å². The number of hydrogen-bond acceptors (Lipinski definition) is 4. The summed E-state index contributed by atoms with van der Waals surface area (Å²) < 4.78 is 5.18. The van der Waals surface area contributed by atoms with Gasteiger partial charge in [0.05, 0.1) is 6.42 Å². The number of benzene rings is 1.